The van der Waals surface area contributed by atoms with Crippen molar-refractivity contribution >= 4 is 0 Å². The van der Waals surface area contributed by atoms with Gasteiger partial charge < -0.3 is 4.74 Å². The maximum absolute atomic E-state index is 5.55. The van der Waals surface area contributed by atoms with Crippen molar-refractivity contribution in [1.29, 1.82) is 0 Å². The second kappa shape index (κ2) is 7.57. The van der Waals surface area contributed by atoms with E-state index in [1.54, 1.807) is 0 Å². The fraction of sp³-hybridized carbons (Fsp3) is 0.462. The normalized spacial score (nSPS) is 10.4. The van der Waals surface area contributed by atoms with Gasteiger partial charge in [0.15, 0.2) is 0 Å². The molecular formula is C13H19O. The largest absolute Gasteiger partial charge is 0.377 e. The first kappa shape index (κ1) is 11.3. The van der Waals surface area contributed by atoms with Crippen LogP contribution in [0.1, 0.15) is 31.2 Å². The van der Waals surface area contributed by atoms with Gasteiger partial charge in [0.2, 0.25) is 0 Å². The zero-order valence-corrected chi connectivity index (χ0v) is 8.74. The molecule has 0 aliphatic carbocycles. The molecule has 0 spiro atoms. The van der Waals surface area contributed by atoms with Crippen LogP contribution in [0.2, 0.25) is 0 Å². The number of hydrogen-bond acceptors (Lipinski definition) is 1. The first-order valence-corrected chi connectivity index (χ1v) is 5.34. The molecule has 1 nitrogen and oxygen atoms in total. The predicted octanol–water partition coefficient (Wildman–Crippen LogP) is 3.60. The van der Waals surface area contributed by atoms with Crippen molar-refractivity contribution in [3.8, 4) is 0 Å². The van der Waals surface area contributed by atoms with Crippen molar-refractivity contribution in [2.75, 3.05) is 6.61 Å². The highest BCUT2D eigenvalue weighted by molar-refractivity contribution is 5.13. The summed E-state index contributed by atoms with van der Waals surface area (Å²) in [5, 5.41) is 0. The standard InChI is InChI=1S/C13H19O/c1-2-3-4-8-11-14-12-13-9-6-5-7-10-13/h5-7,9-10H,1-4,8,11-12H2. The molecule has 0 saturated heterocycles. The van der Waals surface area contributed by atoms with Gasteiger partial charge in [-0.15, -0.1) is 0 Å². The predicted molar refractivity (Wildman–Crippen MR) is 59.9 cm³/mol. The lowest BCUT2D eigenvalue weighted by molar-refractivity contribution is 0.117. The molecule has 0 fully saturated rings. The Labute approximate surface area is 87.1 Å². The Bertz CT molecular complexity index is 218. The summed E-state index contributed by atoms with van der Waals surface area (Å²) in [7, 11) is 0. The lowest BCUT2D eigenvalue weighted by atomic mass is 10.2. The number of rotatable bonds is 7. The van der Waals surface area contributed by atoms with Crippen molar-refractivity contribution in [2.24, 2.45) is 0 Å². The molecule has 0 atom stereocenters. The topological polar surface area (TPSA) is 9.23 Å². The molecule has 14 heavy (non-hydrogen) atoms. The Morgan fingerprint density at radius 3 is 2.50 bits per heavy atom. The molecular weight excluding hydrogens is 172 g/mol. The number of unbranched alkanes of at least 4 members (excludes halogenated alkanes) is 3. The fourth-order valence-corrected chi connectivity index (χ4v) is 1.32. The highest BCUT2D eigenvalue weighted by Gasteiger charge is 1.91. The summed E-state index contributed by atoms with van der Waals surface area (Å²) >= 11 is 0. The van der Waals surface area contributed by atoms with Gasteiger partial charge in [-0.1, -0.05) is 56.5 Å². The smallest absolute Gasteiger partial charge is 0.0716 e. The van der Waals surface area contributed by atoms with E-state index in [0.29, 0.717) is 0 Å². The molecule has 0 heterocycles. The van der Waals surface area contributed by atoms with E-state index in [4.69, 9.17) is 4.74 Å². The first-order chi connectivity index (χ1) is 6.93. The Balaban J connectivity index is 1.99. The van der Waals surface area contributed by atoms with E-state index in [1.165, 1.54) is 18.4 Å². The molecule has 1 aromatic carbocycles. The molecule has 0 bridgehead atoms. The number of hydrogen-bond donors (Lipinski definition) is 0. The Kier molecular flexibility index (Phi) is 6.09. The zero-order chi connectivity index (χ0) is 10.1. The molecule has 1 heteroatoms. The molecule has 0 saturated carbocycles. The average molecular weight is 191 g/mol. The van der Waals surface area contributed by atoms with Gasteiger partial charge in [0.05, 0.1) is 6.61 Å². The van der Waals surface area contributed by atoms with Crippen molar-refractivity contribution < 1.29 is 4.74 Å². The van der Waals surface area contributed by atoms with Crippen LogP contribution < -0.4 is 0 Å². The van der Waals surface area contributed by atoms with E-state index in [1.807, 2.05) is 18.2 Å². The molecule has 77 valence electrons. The van der Waals surface area contributed by atoms with Crippen LogP contribution in [0.5, 0.6) is 0 Å². The van der Waals surface area contributed by atoms with E-state index in [-0.39, 0.29) is 0 Å². The molecule has 0 amide bonds. The summed E-state index contributed by atoms with van der Waals surface area (Å²) < 4.78 is 5.55. The molecule has 0 aromatic heterocycles. The van der Waals surface area contributed by atoms with Gasteiger partial charge >= 0.3 is 0 Å². The highest BCUT2D eigenvalue weighted by atomic mass is 16.5. The molecule has 1 aromatic rings. The quantitative estimate of drug-likeness (QED) is 0.598. The lowest BCUT2D eigenvalue weighted by Crippen LogP contribution is -1.95. The van der Waals surface area contributed by atoms with E-state index >= 15 is 0 Å². The van der Waals surface area contributed by atoms with Crippen molar-refractivity contribution in [3.63, 3.8) is 0 Å². The van der Waals surface area contributed by atoms with Gasteiger partial charge in [-0.25, -0.2) is 0 Å². The second-order valence-corrected chi connectivity index (χ2v) is 3.45. The molecule has 0 aliphatic heterocycles. The molecule has 1 radical (unpaired) electrons. The third kappa shape index (κ3) is 5.03. The average Bonchev–Trinajstić information content (AvgIpc) is 2.25. The number of benzene rings is 1. The summed E-state index contributed by atoms with van der Waals surface area (Å²) in [5.74, 6) is 0. The summed E-state index contributed by atoms with van der Waals surface area (Å²) in [6.07, 6.45) is 4.65. The minimum atomic E-state index is 0.741. The van der Waals surface area contributed by atoms with Gasteiger partial charge in [-0.3, -0.25) is 0 Å². The van der Waals surface area contributed by atoms with E-state index in [2.05, 4.69) is 19.1 Å². The van der Waals surface area contributed by atoms with E-state index in [0.717, 1.165) is 26.1 Å². The fourth-order valence-electron chi connectivity index (χ4n) is 1.32. The minimum Gasteiger partial charge on any atom is -0.377 e. The van der Waals surface area contributed by atoms with Gasteiger partial charge in [0.1, 0.15) is 0 Å². The maximum Gasteiger partial charge on any atom is 0.0716 e. The van der Waals surface area contributed by atoms with Gasteiger partial charge in [-0.05, 0) is 12.0 Å². The molecule has 1 rings (SSSR count). The molecule has 0 aliphatic rings. The van der Waals surface area contributed by atoms with Crippen molar-refractivity contribution in [3.05, 3.63) is 42.8 Å². The molecule has 0 N–H and O–H groups in total. The van der Waals surface area contributed by atoms with Crippen LogP contribution in [-0.4, -0.2) is 6.61 Å². The van der Waals surface area contributed by atoms with Crippen LogP contribution in [0.15, 0.2) is 30.3 Å². The zero-order valence-electron chi connectivity index (χ0n) is 8.74. The Hall–Kier alpha value is -0.820. The monoisotopic (exact) mass is 191 g/mol. The summed E-state index contributed by atoms with van der Waals surface area (Å²) in [4.78, 5) is 0. The van der Waals surface area contributed by atoms with Crippen LogP contribution in [0.3, 0.4) is 0 Å². The highest BCUT2D eigenvalue weighted by Crippen LogP contribution is 2.03. The lowest BCUT2D eigenvalue weighted by Gasteiger charge is -2.03. The van der Waals surface area contributed by atoms with Crippen LogP contribution in [0, 0.1) is 6.92 Å². The van der Waals surface area contributed by atoms with Gasteiger partial charge in [0, 0.05) is 6.61 Å². The van der Waals surface area contributed by atoms with Crippen LogP contribution in [0.4, 0.5) is 0 Å². The van der Waals surface area contributed by atoms with Gasteiger partial charge in [0.25, 0.3) is 0 Å². The maximum atomic E-state index is 5.55. The van der Waals surface area contributed by atoms with E-state index < -0.39 is 0 Å². The third-order valence-electron chi connectivity index (χ3n) is 2.15. The van der Waals surface area contributed by atoms with Crippen molar-refractivity contribution in [2.45, 2.75) is 32.3 Å². The van der Waals surface area contributed by atoms with Crippen LogP contribution in [0.25, 0.3) is 0 Å². The van der Waals surface area contributed by atoms with E-state index in [9.17, 15) is 0 Å². The van der Waals surface area contributed by atoms with Crippen molar-refractivity contribution in [1.82, 2.24) is 0 Å². The SMILES string of the molecule is [CH2]CCCCCOCc1ccccc1. The summed E-state index contributed by atoms with van der Waals surface area (Å²) in [6, 6.07) is 10.3. The minimum absolute atomic E-state index is 0.741. The number of ether oxygens (including phenoxy) is 1. The summed E-state index contributed by atoms with van der Waals surface area (Å²) in [5.41, 5.74) is 1.25. The Morgan fingerprint density at radius 2 is 1.79 bits per heavy atom. The van der Waals surface area contributed by atoms with Crippen LogP contribution in [-0.2, 0) is 11.3 Å². The van der Waals surface area contributed by atoms with Gasteiger partial charge in [-0.2, -0.15) is 0 Å². The van der Waals surface area contributed by atoms with Crippen LogP contribution >= 0.6 is 0 Å². The second-order valence-electron chi connectivity index (χ2n) is 3.45. The third-order valence-corrected chi connectivity index (χ3v) is 2.15. The summed E-state index contributed by atoms with van der Waals surface area (Å²) in [6.45, 7) is 5.42. The Morgan fingerprint density at radius 1 is 1.00 bits per heavy atom. The molecule has 0 unspecified atom stereocenters. The first-order valence-electron chi connectivity index (χ1n) is 5.34.